The van der Waals surface area contributed by atoms with Crippen LogP contribution in [0, 0.1) is 0 Å². The van der Waals surface area contributed by atoms with Crippen molar-refractivity contribution in [2.75, 3.05) is 31.6 Å². The molecule has 2 aliphatic rings. The first-order valence-corrected chi connectivity index (χ1v) is 9.73. The van der Waals surface area contributed by atoms with Crippen LogP contribution < -0.4 is 19.7 Å². The smallest absolute Gasteiger partial charge is 0.279 e. The van der Waals surface area contributed by atoms with E-state index < -0.39 is 0 Å². The molecule has 1 aromatic carbocycles. The van der Waals surface area contributed by atoms with Gasteiger partial charge in [0.1, 0.15) is 6.04 Å². The molecule has 2 N–H and O–H groups in total. The molecule has 0 spiro atoms. The molecule has 4 rings (SSSR count). The summed E-state index contributed by atoms with van der Waals surface area (Å²) in [5, 5.41) is 3.18. The summed E-state index contributed by atoms with van der Waals surface area (Å²) in [6.07, 6.45) is 4.64. The molecule has 142 valence electrons. The Balaban J connectivity index is 1.45. The van der Waals surface area contributed by atoms with Crippen molar-refractivity contribution in [3.8, 4) is 11.5 Å². The number of halogens is 1. The molecule has 0 radical (unpaired) electrons. The normalized spacial score (nSPS) is 21.5. The lowest BCUT2D eigenvalue weighted by Crippen LogP contribution is -3.11. The predicted molar refractivity (Wildman–Crippen MR) is 103 cm³/mol. The number of carbonyl (C=O) groups is 1. The van der Waals surface area contributed by atoms with Gasteiger partial charge in [-0.3, -0.25) is 4.79 Å². The summed E-state index contributed by atoms with van der Waals surface area (Å²) in [4.78, 5) is 17.8. The topological polar surface area (TPSA) is 64.9 Å². The van der Waals surface area contributed by atoms with Crippen molar-refractivity contribution >= 4 is 23.2 Å². The van der Waals surface area contributed by atoms with Crippen LogP contribution >= 0.6 is 11.6 Å². The number of hydrogen-bond acceptors (Lipinski definition) is 4. The minimum absolute atomic E-state index is 0.0545. The number of aromatic nitrogens is 1. The predicted octanol–water partition coefficient (Wildman–Crippen LogP) is 2.25. The Hall–Kier alpha value is -2.31. The summed E-state index contributed by atoms with van der Waals surface area (Å²) >= 11 is 6.03. The standard InChI is InChI=1S/C20H22ClN3O3/c21-20-15(4-1-8-22-20)23-19(25)13-24-9-2-5-16(24)14-6-7-17-18(12-14)27-11-3-10-26-17/h1,4,6-8,12,16H,2-3,5,9-11,13H2,(H,23,25)/p+1/t16-/m1/s1. The highest BCUT2D eigenvalue weighted by Gasteiger charge is 2.32. The highest BCUT2D eigenvalue weighted by atomic mass is 35.5. The van der Waals surface area contributed by atoms with Crippen molar-refractivity contribution in [2.24, 2.45) is 0 Å². The third-order valence-electron chi connectivity index (χ3n) is 5.08. The molecule has 1 amide bonds. The number of nitrogens with one attached hydrogen (secondary N) is 2. The number of ether oxygens (including phenoxy) is 2. The maximum Gasteiger partial charge on any atom is 0.279 e. The first-order valence-electron chi connectivity index (χ1n) is 9.35. The van der Waals surface area contributed by atoms with E-state index in [1.54, 1.807) is 18.3 Å². The average molecular weight is 389 g/mol. The Morgan fingerprint density at radius 1 is 1.22 bits per heavy atom. The van der Waals surface area contributed by atoms with Gasteiger partial charge in [-0.05, 0) is 30.3 Å². The molecular formula is C20H23ClN3O3+. The zero-order valence-corrected chi connectivity index (χ0v) is 15.8. The lowest BCUT2D eigenvalue weighted by Gasteiger charge is -2.22. The van der Waals surface area contributed by atoms with E-state index in [0.29, 0.717) is 30.6 Å². The van der Waals surface area contributed by atoms with Gasteiger partial charge in [0.15, 0.2) is 23.2 Å². The van der Waals surface area contributed by atoms with Crippen LogP contribution in [0.4, 0.5) is 5.69 Å². The monoisotopic (exact) mass is 388 g/mol. The minimum atomic E-state index is -0.0545. The number of hydrogen-bond donors (Lipinski definition) is 2. The minimum Gasteiger partial charge on any atom is -0.490 e. The van der Waals surface area contributed by atoms with Crippen LogP contribution in [0.25, 0.3) is 0 Å². The number of anilines is 1. The second-order valence-electron chi connectivity index (χ2n) is 6.93. The summed E-state index contributed by atoms with van der Waals surface area (Å²) in [6.45, 7) is 2.72. The largest absolute Gasteiger partial charge is 0.490 e. The van der Waals surface area contributed by atoms with E-state index in [1.807, 2.05) is 6.07 Å². The maximum absolute atomic E-state index is 12.5. The second kappa shape index (κ2) is 8.15. The fourth-order valence-electron chi connectivity index (χ4n) is 3.80. The first-order chi connectivity index (χ1) is 13.2. The Morgan fingerprint density at radius 3 is 2.93 bits per heavy atom. The van der Waals surface area contributed by atoms with Crippen molar-refractivity contribution in [3.63, 3.8) is 0 Å². The van der Waals surface area contributed by atoms with E-state index in [4.69, 9.17) is 21.1 Å². The van der Waals surface area contributed by atoms with Gasteiger partial charge in [0, 0.05) is 31.0 Å². The average Bonchev–Trinajstić information content (AvgIpc) is 2.99. The molecule has 0 aliphatic carbocycles. The van der Waals surface area contributed by atoms with E-state index in [-0.39, 0.29) is 11.9 Å². The first kappa shape index (κ1) is 18.1. The molecule has 2 atom stereocenters. The molecule has 2 aliphatic heterocycles. The fourth-order valence-corrected chi connectivity index (χ4v) is 3.97. The van der Waals surface area contributed by atoms with Crippen LogP contribution in [0.15, 0.2) is 36.5 Å². The van der Waals surface area contributed by atoms with Crippen molar-refractivity contribution in [2.45, 2.75) is 25.3 Å². The lowest BCUT2D eigenvalue weighted by molar-refractivity contribution is -0.910. The Morgan fingerprint density at radius 2 is 2.07 bits per heavy atom. The van der Waals surface area contributed by atoms with E-state index in [0.717, 1.165) is 37.3 Å². The summed E-state index contributed by atoms with van der Waals surface area (Å²) in [5.74, 6) is 1.56. The van der Waals surface area contributed by atoms with E-state index in [9.17, 15) is 4.79 Å². The summed E-state index contributed by atoms with van der Waals surface area (Å²) < 4.78 is 11.5. The van der Waals surface area contributed by atoms with Gasteiger partial charge >= 0.3 is 0 Å². The molecule has 0 saturated carbocycles. The van der Waals surface area contributed by atoms with Crippen LogP contribution in [-0.4, -0.2) is 37.2 Å². The molecule has 0 bridgehead atoms. The molecule has 7 heteroatoms. The molecule has 2 aromatic rings. The summed E-state index contributed by atoms with van der Waals surface area (Å²) in [6, 6.07) is 9.95. The number of rotatable bonds is 4. The molecule has 1 aromatic heterocycles. The third kappa shape index (κ3) is 4.17. The van der Waals surface area contributed by atoms with Gasteiger partial charge < -0.3 is 19.7 Å². The number of fused-ring (bicyclic) bond motifs is 1. The summed E-state index contributed by atoms with van der Waals surface area (Å²) in [5.41, 5.74) is 1.74. The molecule has 1 saturated heterocycles. The van der Waals surface area contributed by atoms with Crippen LogP contribution in [0.5, 0.6) is 11.5 Å². The number of benzene rings is 1. The molecule has 27 heavy (non-hydrogen) atoms. The van der Waals surface area contributed by atoms with Gasteiger partial charge in [0.25, 0.3) is 5.91 Å². The van der Waals surface area contributed by atoms with Crippen molar-refractivity contribution in [1.82, 2.24) is 4.98 Å². The molecule has 1 unspecified atom stereocenters. The maximum atomic E-state index is 12.5. The number of amides is 1. The molecule has 1 fully saturated rings. The highest BCUT2D eigenvalue weighted by Crippen LogP contribution is 2.33. The number of likely N-dealkylation sites (tertiary alicyclic amines) is 1. The Kier molecular flexibility index (Phi) is 5.45. The number of nitrogens with zero attached hydrogens (tertiary/aromatic N) is 1. The fraction of sp³-hybridized carbons (Fsp3) is 0.400. The molecule has 6 nitrogen and oxygen atoms in total. The third-order valence-corrected chi connectivity index (χ3v) is 5.38. The van der Waals surface area contributed by atoms with Crippen molar-refractivity contribution in [3.05, 3.63) is 47.2 Å². The van der Waals surface area contributed by atoms with E-state index >= 15 is 0 Å². The zero-order valence-electron chi connectivity index (χ0n) is 15.0. The highest BCUT2D eigenvalue weighted by molar-refractivity contribution is 6.32. The second-order valence-corrected chi connectivity index (χ2v) is 7.28. The van der Waals surface area contributed by atoms with Gasteiger partial charge in [-0.2, -0.15) is 0 Å². The van der Waals surface area contributed by atoms with E-state index in [1.165, 1.54) is 10.5 Å². The van der Waals surface area contributed by atoms with E-state index in [2.05, 4.69) is 22.4 Å². The van der Waals surface area contributed by atoms with Gasteiger partial charge in [-0.1, -0.05) is 11.6 Å². The van der Waals surface area contributed by atoms with Crippen LogP contribution in [0.3, 0.4) is 0 Å². The lowest BCUT2D eigenvalue weighted by atomic mass is 10.0. The van der Waals surface area contributed by atoms with Crippen LogP contribution in [0.1, 0.15) is 30.9 Å². The Labute approximate surface area is 163 Å². The van der Waals surface area contributed by atoms with Gasteiger partial charge in [-0.25, -0.2) is 4.98 Å². The zero-order chi connectivity index (χ0) is 18.6. The number of quaternary nitrogens is 1. The number of carbonyl (C=O) groups excluding carboxylic acids is 1. The van der Waals surface area contributed by atoms with Crippen molar-refractivity contribution in [1.29, 1.82) is 0 Å². The van der Waals surface area contributed by atoms with Crippen LogP contribution in [-0.2, 0) is 4.79 Å². The van der Waals surface area contributed by atoms with Gasteiger partial charge in [-0.15, -0.1) is 0 Å². The van der Waals surface area contributed by atoms with Gasteiger partial charge in [0.2, 0.25) is 0 Å². The molecule has 3 heterocycles. The van der Waals surface area contributed by atoms with Gasteiger partial charge in [0.05, 0.1) is 25.4 Å². The summed E-state index contributed by atoms with van der Waals surface area (Å²) in [7, 11) is 0. The number of pyridine rings is 1. The quantitative estimate of drug-likeness (QED) is 0.788. The van der Waals surface area contributed by atoms with Crippen molar-refractivity contribution < 1.29 is 19.2 Å². The Bertz CT molecular complexity index is 830. The SMILES string of the molecule is O=C(C[NH+]1CCC[C@@H]1c1ccc2c(c1)OCCCO2)Nc1cccnc1Cl. The molecular weight excluding hydrogens is 366 g/mol. The van der Waals surface area contributed by atoms with Crippen LogP contribution in [0.2, 0.25) is 5.15 Å².